The lowest BCUT2D eigenvalue weighted by molar-refractivity contribution is 0.549. The molecule has 2 rings (SSSR count). The lowest BCUT2D eigenvalue weighted by Crippen LogP contribution is -2.32. The minimum absolute atomic E-state index is 0.623. The van der Waals surface area contributed by atoms with Crippen molar-refractivity contribution < 1.29 is 0 Å². The number of rotatable bonds is 5. The monoisotopic (exact) mass is 262 g/mol. The van der Waals surface area contributed by atoms with E-state index < -0.39 is 0 Å². The number of nitrogens with one attached hydrogen (secondary N) is 1. The summed E-state index contributed by atoms with van der Waals surface area (Å²) in [5.41, 5.74) is 0. The Morgan fingerprint density at radius 2 is 1.95 bits per heavy atom. The molecule has 1 aliphatic rings. The van der Waals surface area contributed by atoms with E-state index in [1.807, 2.05) is 6.20 Å². The van der Waals surface area contributed by atoms with Crippen molar-refractivity contribution in [2.24, 2.45) is 0 Å². The van der Waals surface area contributed by atoms with Crippen LogP contribution in [0.3, 0.4) is 0 Å². The van der Waals surface area contributed by atoms with Gasteiger partial charge < -0.3 is 10.2 Å². The quantitative estimate of drug-likeness (QED) is 0.825. The van der Waals surface area contributed by atoms with Gasteiger partial charge in [0.15, 0.2) is 0 Å². The van der Waals surface area contributed by atoms with Crippen LogP contribution in [0.2, 0.25) is 0 Å². The molecule has 0 aliphatic heterocycles. The van der Waals surface area contributed by atoms with Gasteiger partial charge in [0.2, 0.25) is 0 Å². The van der Waals surface area contributed by atoms with E-state index in [1.54, 1.807) is 6.20 Å². The molecular formula is C15H26N4. The smallest absolute Gasteiger partial charge is 0.149 e. The Bertz CT molecular complexity index is 372. The molecule has 0 saturated heterocycles. The number of nitrogens with zero attached hydrogens (tertiary/aromatic N) is 3. The normalized spacial score (nSPS) is 16.9. The number of anilines is 2. The van der Waals surface area contributed by atoms with E-state index in [4.69, 9.17) is 0 Å². The molecule has 0 bridgehead atoms. The third-order valence-corrected chi connectivity index (χ3v) is 3.91. The fourth-order valence-electron chi connectivity index (χ4n) is 2.70. The lowest BCUT2D eigenvalue weighted by Gasteiger charge is -2.28. The van der Waals surface area contributed by atoms with Crippen molar-refractivity contribution in [3.8, 4) is 0 Å². The van der Waals surface area contributed by atoms with Gasteiger partial charge in [0, 0.05) is 19.6 Å². The van der Waals surface area contributed by atoms with Crippen LogP contribution in [0.15, 0.2) is 12.4 Å². The molecular weight excluding hydrogens is 236 g/mol. The van der Waals surface area contributed by atoms with Gasteiger partial charge in [0.25, 0.3) is 0 Å². The maximum atomic E-state index is 4.67. The molecule has 0 atom stereocenters. The molecule has 4 heteroatoms. The summed E-state index contributed by atoms with van der Waals surface area (Å²) >= 11 is 0. The second-order valence-electron chi connectivity index (χ2n) is 5.45. The maximum Gasteiger partial charge on any atom is 0.149 e. The summed E-state index contributed by atoms with van der Waals surface area (Å²) in [7, 11) is 2.16. The zero-order chi connectivity index (χ0) is 13.5. The first-order valence-electron chi connectivity index (χ1n) is 7.60. The summed E-state index contributed by atoms with van der Waals surface area (Å²) in [5, 5.41) is 3.30. The van der Waals surface area contributed by atoms with Crippen molar-refractivity contribution in [3.05, 3.63) is 12.4 Å². The molecule has 0 unspecified atom stereocenters. The van der Waals surface area contributed by atoms with Crippen molar-refractivity contribution in [2.45, 2.75) is 57.9 Å². The van der Waals surface area contributed by atoms with Gasteiger partial charge in [0.1, 0.15) is 11.6 Å². The summed E-state index contributed by atoms with van der Waals surface area (Å²) in [4.78, 5) is 11.3. The van der Waals surface area contributed by atoms with Crippen LogP contribution >= 0.6 is 0 Å². The zero-order valence-corrected chi connectivity index (χ0v) is 12.2. The Balaban J connectivity index is 2.02. The van der Waals surface area contributed by atoms with Gasteiger partial charge in [-0.25, -0.2) is 4.98 Å². The van der Waals surface area contributed by atoms with E-state index >= 15 is 0 Å². The molecule has 1 aliphatic carbocycles. The lowest BCUT2D eigenvalue weighted by atomic mass is 10.1. The summed E-state index contributed by atoms with van der Waals surface area (Å²) in [6.45, 7) is 3.10. The second-order valence-corrected chi connectivity index (χ2v) is 5.45. The topological polar surface area (TPSA) is 41.1 Å². The average molecular weight is 262 g/mol. The number of aromatic nitrogens is 2. The predicted molar refractivity (Wildman–Crippen MR) is 80.7 cm³/mol. The van der Waals surface area contributed by atoms with Crippen molar-refractivity contribution in [1.29, 1.82) is 0 Å². The Morgan fingerprint density at radius 1 is 1.21 bits per heavy atom. The summed E-state index contributed by atoms with van der Waals surface area (Å²) in [5.74, 6) is 1.88. The van der Waals surface area contributed by atoms with Crippen molar-refractivity contribution >= 4 is 11.6 Å². The SMILES string of the molecule is CCCNc1cncc(N(C)C2CCCCCC2)n1. The molecule has 1 N–H and O–H groups in total. The molecule has 1 aromatic heterocycles. The first-order valence-corrected chi connectivity index (χ1v) is 7.60. The van der Waals surface area contributed by atoms with Crippen LogP contribution in [0.25, 0.3) is 0 Å². The first kappa shape index (κ1) is 14.1. The van der Waals surface area contributed by atoms with E-state index in [2.05, 4.69) is 34.2 Å². The molecule has 106 valence electrons. The van der Waals surface area contributed by atoms with E-state index in [9.17, 15) is 0 Å². The highest BCUT2D eigenvalue weighted by Gasteiger charge is 2.18. The molecule has 1 aromatic rings. The molecule has 0 aromatic carbocycles. The van der Waals surface area contributed by atoms with E-state index in [0.717, 1.165) is 24.6 Å². The van der Waals surface area contributed by atoms with Crippen LogP contribution in [0.4, 0.5) is 11.6 Å². The van der Waals surface area contributed by atoms with Crippen molar-refractivity contribution in [1.82, 2.24) is 9.97 Å². The fourth-order valence-corrected chi connectivity index (χ4v) is 2.70. The second kappa shape index (κ2) is 7.31. The van der Waals surface area contributed by atoms with Crippen molar-refractivity contribution in [2.75, 3.05) is 23.8 Å². The highest BCUT2D eigenvalue weighted by Crippen LogP contribution is 2.24. The Hall–Kier alpha value is -1.32. The first-order chi connectivity index (χ1) is 9.31. The third-order valence-electron chi connectivity index (χ3n) is 3.91. The molecule has 0 radical (unpaired) electrons. The van der Waals surface area contributed by atoms with Gasteiger partial charge in [-0.2, -0.15) is 0 Å². The zero-order valence-electron chi connectivity index (χ0n) is 12.2. The van der Waals surface area contributed by atoms with Gasteiger partial charge >= 0.3 is 0 Å². The highest BCUT2D eigenvalue weighted by atomic mass is 15.2. The molecule has 19 heavy (non-hydrogen) atoms. The number of hydrogen-bond donors (Lipinski definition) is 1. The van der Waals surface area contributed by atoms with Gasteiger partial charge in [-0.1, -0.05) is 32.6 Å². The van der Waals surface area contributed by atoms with E-state index in [1.165, 1.54) is 38.5 Å². The highest BCUT2D eigenvalue weighted by molar-refractivity contribution is 5.44. The van der Waals surface area contributed by atoms with Crippen LogP contribution < -0.4 is 10.2 Å². The van der Waals surface area contributed by atoms with Crippen molar-refractivity contribution in [3.63, 3.8) is 0 Å². The average Bonchev–Trinajstić information content (AvgIpc) is 2.73. The number of hydrogen-bond acceptors (Lipinski definition) is 4. The van der Waals surface area contributed by atoms with Crippen LogP contribution in [0.5, 0.6) is 0 Å². The van der Waals surface area contributed by atoms with Crippen LogP contribution in [0.1, 0.15) is 51.9 Å². The van der Waals surface area contributed by atoms with Gasteiger partial charge in [-0.3, -0.25) is 4.98 Å². The summed E-state index contributed by atoms with van der Waals surface area (Å²) < 4.78 is 0. The van der Waals surface area contributed by atoms with Gasteiger partial charge in [0.05, 0.1) is 12.4 Å². The minimum Gasteiger partial charge on any atom is -0.369 e. The van der Waals surface area contributed by atoms with E-state index in [-0.39, 0.29) is 0 Å². The van der Waals surface area contributed by atoms with E-state index in [0.29, 0.717) is 6.04 Å². The van der Waals surface area contributed by atoms with Crippen LogP contribution in [0, 0.1) is 0 Å². The van der Waals surface area contributed by atoms with Gasteiger partial charge in [-0.05, 0) is 19.3 Å². The van der Waals surface area contributed by atoms with Crippen LogP contribution in [-0.4, -0.2) is 29.6 Å². The fraction of sp³-hybridized carbons (Fsp3) is 0.733. The minimum atomic E-state index is 0.623. The molecule has 0 amide bonds. The molecule has 0 spiro atoms. The molecule has 1 fully saturated rings. The summed E-state index contributed by atoms with van der Waals surface area (Å²) in [6, 6.07) is 0.623. The maximum absolute atomic E-state index is 4.67. The third kappa shape index (κ3) is 4.08. The summed E-state index contributed by atoms with van der Waals surface area (Å²) in [6.07, 6.45) is 12.8. The Labute approximate surface area is 116 Å². The van der Waals surface area contributed by atoms with Gasteiger partial charge in [-0.15, -0.1) is 0 Å². The van der Waals surface area contributed by atoms with Crippen LogP contribution in [-0.2, 0) is 0 Å². The largest absolute Gasteiger partial charge is 0.369 e. The Kier molecular flexibility index (Phi) is 5.43. The molecule has 1 heterocycles. The Morgan fingerprint density at radius 3 is 2.63 bits per heavy atom. The predicted octanol–water partition coefficient (Wildman–Crippen LogP) is 3.46. The molecule has 4 nitrogen and oxygen atoms in total. The molecule has 1 saturated carbocycles. The standard InChI is InChI=1S/C15H26N4/c1-3-10-17-14-11-16-12-15(18-14)19(2)13-8-6-4-5-7-9-13/h11-13H,3-10H2,1-2H3,(H,17,18).